The highest BCUT2D eigenvalue weighted by Gasteiger charge is 2.17. The molecule has 1 amide bonds. The van der Waals surface area contributed by atoms with Crippen molar-refractivity contribution in [1.82, 2.24) is 10.6 Å². The number of fused-ring (bicyclic) bond motifs is 1. The van der Waals surface area contributed by atoms with Crippen LogP contribution in [-0.2, 0) is 16.1 Å². The van der Waals surface area contributed by atoms with Gasteiger partial charge in [-0.3, -0.25) is 4.79 Å². The number of nitrogens with one attached hydrogen (secondary N) is 2. The second-order valence-electron chi connectivity index (χ2n) is 8.12. The Hall–Kier alpha value is -2.11. The van der Waals surface area contributed by atoms with Crippen molar-refractivity contribution in [3.63, 3.8) is 0 Å². The molecular formula is C22H30N2O3. The van der Waals surface area contributed by atoms with Gasteiger partial charge in [-0.1, -0.05) is 30.3 Å². The Balaban J connectivity index is 1.71. The zero-order valence-corrected chi connectivity index (χ0v) is 16.5. The lowest BCUT2D eigenvalue weighted by Gasteiger charge is -2.21. The third-order valence-electron chi connectivity index (χ3n) is 4.57. The number of hydrogen-bond acceptors (Lipinski definition) is 4. The fourth-order valence-corrected chi connectivity index (χ4v) is 3.39. The molecule has 1 atom stereocenters. The molecule has 3 rings (SSSR count). The van der Waals surface area contributed by atoms with E-state index in [0.717, 1.165) is 48.1 Å². The van der Waals surface area contributed by atoms with E-state index < -0.39 is 0 Å². The van der Waals surface area contributed by atoms with E-state index in [0.29, 0.717) is 12.6 Å². The maximum atomic E-state index is 12.1. The van der Waals surface area contributed by atoms with Crippen LogP contribution in [-0.4, -0.2) is 37.3 Å². The van der Waals surface area contributed by atoms with Gasteiger partial charge in [0, 0.05) is 30.8 Å². The Morgan fingerprint density at radius 3 is 2.78 bits per heavy atom. The van der Waals surface area contributed by atoms with Crippen LogP contribution >= 0.6 is 0 Å². The van der Waals surface area contributed by atoms with Gasteiger partial charge in [-0.15, -0.1) is 0 Å². The van der Waals surface area contributed by atoms with Gasteiger partial charge in [0.25, 0.3) is 5.91 Å². The maximum absolute atomic E-state index is 12.1. The molecule has 1 heterocycles. The molecule has 1 unspecified atom stereocenters. The summed E-state index contributed by atoms with van der Waals surface area (Å²) in [4.78, 5) is 12.1. The smallest absolute Gasteiger partial charge is 0.258 e. The number of amides is 1. The zero-order chi connectivity index (χ0) is 19.3. The average molecular weight is 370 g/mol. The topological polar surface area (TPSA) is 59.6 Å². The molecular weight excluding hydrogens is 340 g/mol. The molecule has 2 aromatic rings. The molecule has 146 valence electrons. The second kappa shape index (κ2) is 8.72. The number of carbonyl (C=O) groups excluding carboxylic acids is 1. The van der Waals surface area contributed by atoms with Crippen LogP contribution in [0.15, 0.2) is 36.4 Å². The van der Waals surface area contributed by atoms with Crippen molar-refractivity contribution in [2.24, 2.45) is 0 Å². The van der Waals surface area contributed by atoms with Crippen LogP contribution < -0.4 is 15.4 Å². The first-order valence-corrected chi connectivity index (χ1v) is 9.69. The summed E-state index contributed by atoms with van der Waals surface area (Å²) in [6, 6.07) is 12.2. The largest absolute Gasteiger partial charge is 0.483 e. The summed E-state index contributed by atoms with van der Waals surface area (Å²) >= 11 is 0. The average Bonchev–Trinajstić information content (AvgIpc) is 3.12. The molecule has 1 aliphatic rings. The maximum Gasteiger partial charge on any atom is 0.258 e. The lowest BCUT2D eigenvalue weighted by molar-refractivity contribution is -0.124. The van der Waals surface area contributed by atoms with Crippen molar-refractivity contribution in [2.75, 3.05) is 19.8 Å². The van der Waals surface area contributed by atoms with Crippen molar-refractivity contribution in [3.8, 4) is 5.75 Å². The van der Waals surface area contributed by atoms with E-state index in [9.17, 15) is 4.79 Å². The zero-order valence-electron chi connectivity index (χ0n) is 16.5. The van der Waals surface area contributed by atoms with Crippen LogP contribution in [0.5, 0.6) is 5.75 Å². The monoisotopic (exact) mass is 370 g/mol. The molecule has 1 fully saturated rings. The molecule has 27 heavy (non-hydrogen) atoms. The summed E-state index contributed by atoms with van der Waals surface area (Å²) in [5.74, 6) is 0.631. The van der Waals surface area contributed by atoms with Gasteiger partial charge in [0.05, 0.1) is 6.10 Å². The van der Waals surface area contributed by atoms with Crippen LogP contribution in [0.1, 0.15) is 39.2 Å². The molecule has 2 N–H and O–H groups in total. The summed E-state index contributed by atoms with van der Waals surface area (Å²) in [5.41, 5.74) is 0.810. The quantitative estimate of drug-likeness (QED) is 0.784. The van der Waals surface area contributed by atoms with E-state index >= 15 is 0 Å². The molecule has 5 heteroatoms. The Kier molecular flexibility index (Phi) is 6.34. The highest BCUT2D eigenvalue weighted by molar-refractivity contribution is 5.88. The van der Waals surface area contributed by atoms with Gasteiger partial charge in [-0.2, -0.15) is 0 Å². The van der Waals surface area contributed by atoms with Crippen molar-refractivity contribution in [3.05, 3.63) is 42.0 Å². The van der Waals surface area contributed by atoms with Crippen molar-refractivity contribution < 1.29 is 14.3 Å². The standard InChI is InChI=1S/C22H30N2O3/c1-22(2,3)24-21(25)15-27-20-11-10-16-7-4-5-9-18(16)19(20)14-23-13-17-8-6-12-26-17/h4-5,7,9-11,17,23H,6,8,12-15H2,1-3H3,(H,24,25). The second-order valence-corrected chi connectivity index (χ2v) is 8.12. The third-order valence-corrected chi connectivity index (χ3v) is 4.57. The SMILES string of the molecule is CC(C)(C)NC(=O)COc1ccc2ccccc2c1CNCC1CCCO1. The molecule has 0 aromatic heterocycles. The van der Waals surface area contributed by atoms with Crippen LogP contribution in [0.2, 0.25) is 0 Å². The highest BCUT2D eigenvalue weighted by Crippen LogP contribution is 2.28. The van der Waals surface area contributed by atoms with Gasteiger partial charge in [0.1, 0.15) is 5.75 Å². The van der Waals surface area contributed by atoms with Crippen LogP contribution in [0, 0.1) is 0 Å². The van der Waals surface area contributed by atoms with Crippen LogP contribution in [0.25, 0.3) is 10.8 Å². The normalized spacial score (nSPS) is 17.2. The Morgan fingerprint density at radius 1 is 1.22 bits per heavy atom. The van der Waals surface area contributed by atoms with Gasteiger partial charge in [0.2, 0.25) is 0 Å². The number of hydrogen-bond donors (Lipinski definition) is 2. The number of rotatable bonds is 7. The number of ether oxygens (including phenoxy) is 2. The fraction of sp³-hybridized carbons (Fsp3) is 0.500. The van der Waals surface area contributed by atoms with Crippen molar-refractivity contribution in [2.45, 2.75) is 51.8 Å². The first-order chi connectivity index (χ1) is 12.9. The summed E-state index contributed by atoms with van der Waals surface area (Å²) < 4.78 is 11.6. The predicted molar refractivity (Wildman–Crippen MR) is 108 cm³/mol. The number of carbonyl (C=O) groups is 1. The van der Waals surface area contributed by atoms with Gasteiger partial charge in [-0.25, -0.2) is 0 Å². The van der Waals surface area contributed by atoms with E-state index in [1.165, 1.54) is 0 Å². The van der Waals surface area contributed by atoms with Crippen LogP contribution in [0.4, 0.5) is 0 Å². The molecule has 2 aromatic carbocycles. The molecule has 5 nitrogen and oxygen atoms in total. The van der Waals surface area contributed by atoms with E-state index in [1.54, 1.807) is 0 Å². The summed E-state index contributed by atoms with van der Waals surface area (Å²) in [6.07, 6.45) is 2.54. The molecule has 0 aliphatic carbocycles. The minimum atomic E-state index is -0.268. The molecule has 0 saturated carbocycles. The van der Waals surface area contributed by atoms with Crippen LogP contribution in [0.3, 0.4) is 0 Å². The van der Waals surface area contributed by atoms with E-state index in [2.05, 4.69) is 22.8 Å². The summed E-state index contributed by atoms with van der Waals surface area (Å²) in [7, 11) is 0. The van der Waals surface area contributed by atoms with Crippen molar-refractivity contribution >= 4 is 16.7 Å². The third kappa shape index (κ3) is 5.68. The molecule has 0 radical (unpaired) electrons. The first kappa shape index (κ1) is 19.6. The van der Waals surface area contributed by atoms with Gasteiger partial charge < -0.3 is 20.1 Å². The molecule has 1 aliphatic heterocycles. The van der Waals surface area contributed by atoms with Crippen molar-refractivity contribution in [1.29, 1.82) is 0 Å². The van der Waals surface area contributed by atoms with E-state index in [-0.39, 0.29) is 18.1 Å². The lowest BCUT2D eigenvalue weighted by atomic mass is 10.0. The minimum Gasteiger partial charge on any atom is -0.483 e. The van der Waals surface area contributed by atoms with Gasteiger partial charge in [-0.05, 0) is 50.5 Å². The molecule has 0 bridgehead atoms. The van der Waals surface area contributed by atoms with Gasteiger partial charge in [0.15, 0.2) is 6.61 Å². The number of benzene rings is 2. The Bertz CT molecular complexity index is 777. The van der Waals surface area contributed by atoms with E-state index in [1.807, 2.05) is 45.0 Å². The summed E-state index contributed by atoms with van der Waals surface area (Å²) in [5, 5.41) is 8.74. The Morgan fingerprint density at radius 2 is 2.04 bits per heavy atom. The highest BCUT2D eigenvalue weighted by atomic mass is 16.5. The predicted octanol–water partition coefficient (Wildman–Crippen LogP) is 3.40. The minimum absolute atomic E-state index is 0.00828. The first-order valence-electron chi connectivity index (χ1n) is 9.69. The van der Waals surface area contributed by atoms with E-state index in [4.69, 9.17) is 9.47 Å². The summed E-state index contributed by atoms with van der Waals surface area (Å²) in [6.45, 7) is 8.25. The Labute approximate surface area is 161 Å². The molecule has 1 saturated heterocycles. The lowest BCUT2D eigenvalue weighted by Crippen LogP contribution is -2.43. The fourth-order valence-electron chi connectivity index (χ4n) is 3.39. The molecule has 0 spiro atoms. The van der Waals surface area contributed by atoms with Gasteiger partial charge >= 0.3 is 0 Å².